The Hall–Kier alpha value is -2.64. The zero-order chi connectivity index (χ0) is 18.4. The molecule has 1 aliphatic rings. The first-order valence-electron chi connectivity index (χ1n) is 8.32. The zero-order valence-corrected chi connectivity index (χ0v) is 14.7. The van der Waals surface area contributed by atoms with Gasteiger partial charge in [0.25, 0.3) is 0 Å². The molecule has 1 aliphatic heterocycles. The molecule has 2 rings (SSSR count). The first-order chi connectivity index (χ1) is 11.9. The molecule has 3 amide bonds. The largest absolute Gasteiger partial charge is 0.480 e. The van der Waals surface area contributed by atoms with Crippen molar-refractivity contribution >= 4 is 23.4 Å². The van der Waals surface area contributed by atoms with E-state index in [1.165, 1.54) is 18.2 Å². The average molecular weight is 348 g/mol. The summed E-state index contributed by atoms with van der Waals surface area (Å²) < 4.78 is 5.06. The summed E-state index contributed by atoms with van der Waals surface area (Å²) in [7, 11) is 1.44. The summed E-state index contributed by atoms with van der Waals surface area (Å²) in [6, 6.07) is 3.12. The number of nitrogens with zero attached hydrogens (tertiary/aromatic N) is 2. The lowest BCUT2D eigenvalue weighted by atomic mass is 10.0. The van der Waals surface area contributed by atoms with E-state index in [0.717, 1.165) is 12.8 Å². The number of carbonyl (C=O) groups excluding carboxylic acids is 3. The van der Waals surface area contributed by atoms with Gasteiger partial charge in [0.1, 0.15) is 5.69 Å². The van der Waals surface area contributed by atoms with Crippen molar-refractivity contribution < 1.29 is 19.1 Å². The van der Waals surface area contributed by atoms with Gasteiger partial charge in [-0.05, 0) is 25.0 Å². The van der Waals surface area contributed by atoms with Gasteiger partial charge in [0.2, 0.25) is 11.8 Å². The van der Waals surface area contributed by atoms with Gasteiger partial charge >= 0.3 is 11.8 Å². The third kappa shape index (κ3) is 4.91. The molecule has 0 radical (unpaired) electrons. The minimum absolute atomic E-state index is 0.0520. The van der Waals surface area contributed by atoms with Crippen LogP contribution in [0.2, 0.25) is 0 Å². The van der Waals surface area contributed by atoms with Crippen molar-refractivity contribution in [1.82, 2.24) is 15.2 Å². The Morgan fingerprint density at radius 1 is 1.36 bits per heavy atom. The first kappa shape index (κ1) is 18.7. The lowest BCUT2D eigenvalue weighted by Gasteiger charge is -2.33. The van der Waals surface area contributed by atoms with Crippen LogP contribution in [0.5, 0.6) is 5.88 Å². The Bertz CT molecular complexity index is 647. The monoisotopic (exact) mass is 348 g/mol. The highest BCUT2D eigenvalue weighted by molar-refractivity contribution is 6.39. The molecule has 25 heavy (non-hydrogen) atoms. The predicted molar refractivity (Wildman–Crippen MR) is 92.0 cm³/mol. The van der Waals surface area contributed by atoms with Gasteiger partial charge in [0.05, 0.1) is 7.11 Å². The van der Waals surface area contributed by atoms with Crippen molar-refractivity contribution in [1.29, 1.82) is 0 Å². The normalized spacial score (nSPS) is 17.1. The molecule has 8 nitrogen and oxygen atoms in total. The summed E-state index contributed by atoms with van der Waals surface area (Å²) >= 11 is 0. The molecule has 1 fully saturated rings. The minimum Gasteiger partial charge on any atom is -0.480 e. The van der Waals surface area contributed by atoms with Gasteiger partial charge in [-0.3, -0.25) is 14.4 Å². The molecule has 1 aromatic rings. The van der Waals surface area contributed by atoms with Crippen LogP contribution in [0, 0.1) is 5.92 Å². The Balaban J connectivity index is 1.97. The molecule has 2 N–H and O–H groups in total. The van der Waals surface area contributed by atoms with E-state index in [4.69, 9.17) is 4.74 Å². The van der Waals surface area contributed by atoms with Crippen molar-refractivity contribution in [2.45, 2.75) is 32.7 Å². The van der Waals surface area contributed by atoms with Crippen LogP contribution in [0.4, 0.5) is 5.69 Å². The molecule has 0 bridgehead atoms. The number of carbonyl (C=O) groups is 3. The number of pyridine rings is 1. The fourth-order valence-corrected chi connectivity index (χ4v) is 2.62. The van der Waals surface area contributed by atoms with E-state index in [2.05, 4.69) is 15.6 Å². The SMILES string of the molecule is COc1ncccc1NC(=O)C(=O)N1CCC[C@@H](NC(=O)C(C)C)C1. The zero-order valence-electron chi connectivity index (χ0n) is 14.7. The summed E-state index contributed by atoms with van der Waals surface area (Å²) in [4.78, 5) is 41.9. The highest BCUT2D eigenvalue weighted by atomic mass is 16.5. The second-order valence-electron chi connectivity index (χ2n) is 6.27. The summed E-state index contributed by atoms with van der Waals surface area (Å²) in [5, 5.41) is 5.44. The lowest BCUT2D eigenvalue weighted by molar-refractivity contribution is -0.144. The number of hydrogen-bond donors (Lipinski definition) is 2. The topological polar surface area (TPSA) is 101 Å². The highest BCUT2D eigenvalue weighted by Gasteiger charge is 2.29. The number of methoxy groups -OCH3 is 1. The number of anilines is 1. The molecular formula is C17H24N4O4. The minimum atomic E-state index is -0.748. The van der Waals surface area contributed by atoms with E-state index in [1.54, 1.807) is 12.1 Å². The molecule has 0 saturated carbocycles. The van der Waals surface area contributed by atoms with Crippen LogP contribution in [0.1, 0.15) is 26.7 Å². The van der Waals surface area contributed by atoms with Gasteiger partial charge in [0, 0.05) is 31.2 Å². The van der Waals surface area contributed by atoms with Crippen LogP contribution in [-0.4, -0.2) is 53.8 Å². The lowest BCUT2D eigenvalue weighted by Crippen LogP contribution is -2.52. The molecule has 0 unspecified atom stereocenters. The molecule has 1 saturated heterocycles. The maximum Gasteiger partial charge on any atom is 0.314 e. The van der Waals surface area contributed by atoms with Gasteiger partial charge in [-0.2, -0.15) is 0 Å². The van der Waals surface area contributed by atoms with E-state index in [-0.39, 0.29) is 23.7 Å². The molecule has 1 aromatic heterocycles. The second kappa shape index (κ2) is 8.46. The van der Waals surface area contributed by atoms with Crippen LogP contribution in [0.15, 0.2) is 18.3 Å². The van der Waals surface area contributed by atoms with Gasteiger partial charge in [0.15, 0.2) is 0 Å². The quantitative estimate of drug-likeness (QED) is 0.784. The maximum absolute atomic E-state index is 12.4. The maximum atomic E-state index is 12.4. The van der Waals surface area contributed by atoms with E-state index in [0.29, 0.717) is 18.8 Å². The number of likely N-dealkylation sites (tertiary alicyclic amines) is 1. The van der Waals surface area contributed by atoms with Crippen molar-refractivity contribution in [2.24, 2.45) is 5.92 Å². The third-order valence-electron chi connectivity index (χ3n) is 3.99. The number of amides is 3. The molecule has 8 heteroatoms. The summed E-state index contributed by atoms with van der Waals surface area (Å²) in [5.41, 5.74) is 0.338. The van der Waals surface area contributed by atoms with Crippen LogP contribution < -0.4 is 15.4 Å². The smallest absolute Gasteiger partial charge is 0.314 e. The Morgan fingerprint density at radius 2 is 2.12 bits per heavy atom. The van der Waals surface area contributed by atoms with Crippen LogP contribution in [0.3, 0.4) is 0 Å². The number of hydrogen-bond acceptors (Lipinski definition) is 5. The Kier molecular flexibility index (Phi) is 6.32. The van der Waals surface area contributed by atoms with E-state index in [9.17, 15) is 14.4 Å². The Morgan fingerprint density at radius 3 is 2.80 bits per heavy atom. The Labute approximate surface area is 146 Å². The molecule has 2 heterocycles. The molecule has 0 aromatic carbocycles. The predicted octanol–water partition coefficient (Wildman–Crippen LogP) is 0.792. The number of ether oxygens (including phenoxy) is 1. The first-order valence-corrected chi connectivity index (χ1v) is 8.32. The standard InChI is InChI=1S/C17H24N4O4/c1-11(2)14(22)19-12-6-5-9-21(10-12)17(24)15(23)20-13-7-4-8-18-16(13)25-3/h4,7-8,11-12H,5-6,9-10H2,1-3H3,(H,19,22)(H,20,23)/t12-/m1/s1. The molecular weight excluding hydrogens is 324 g/mol. The number of aromatic nitrogens is 1. The fraction of sp³-hybridized carbons (Fsp3) is 0.529. The van der Waals surface area contributed by atoms with Crippen LogP contribution in [0.25, 0.3) is 0 Å². The number of rotatable bonds is 4. The second-order valence-corrected chi connectivity index (χ2v) is 6.27. The van der Waals surface area contributed by atoms with Crippen LogP contribution >= 0.6 is 0 Å². The molecule has 1 atom stereocenters. The van der Waals surface area contributed by atoms with Crippen molar-refractivity contribution in [3.05, 3.63) is 18.3 Å². The van der Waals surface area contributed by atoms with E-state index >= 15 is 0 Å². The summed E-state index contributed by atoms with van der Waals surface area (Å²) in [5.74, 6) is -1.31. The van der Waals surface area contributed by atoms with Crippen LogP contribution in [-0.2, 0) is 14.4 Å². The van der Waals surface area contributed by atoms with Gasteiger partial charge in [-0.15, -0.1) is 0 Å². The van der Waals surface area contributed by atoms with Gasteiger partial charge in [-0.1, -0.05) is 13.8 Å². The van der Waals surface area contributed by atoms with Crippen molar-refractivity contribution in [2.75, 3.05) is 25.5 Å². The van der Waals surface area contributed by atoms with Gasteiger partial charge < -0.3 is 20.3 Å². The van der Waals surface area contributed by atoms with Crippen molar-refractivity contribution in [3.63, 3.8) is 0 Å². The van der Waals surface area contributed by atoms with Crippen molar-refractivity contribution in [3.8, 4) is 5.88 Å². The number of nitrogens with one attached hydrogen (secondary N) is 2. The molecule has 0 aliphatic carbocycles. The fourth-order valence-electron chi connectivity index (χ4n) is 2.62. The highest BCUT2D eigenvalue weighted by Crippen LogP contribution is 2.20. The molecule has 136 valence electrons. The molecule has 0 spiro atoms. The average Bonchev–Trinajstić information content (AvgIpc) is 2.61. The van der Waals surface area contributed by atoms with E-state index in [1.807, 2.05) is 13.8 Å². The third-order valence-corrected chi connectivity index (χ3v) is 3.99. The number of piperidine rings is 1. The van der Waals surface area contributed by atoms with E-state index < -0.39 is 11.8 Å². The summed E-state index contributed by atoms with van der Waals surface area (Å²) in [6.45, 7) is 4.45. The van der Waals surface area contributed by atoms with Gasteiger partial charge in [-0.25, -0.2) is 4.98 Å². The summed E-state index contributed by atoms with van der Waals surface area (Å²) in [6.07, 6.45) is 3.06.